The van der Waals surface area contributed by atoms with E-state index in [9.17, 15) is 0 Å². The molecule has 0 atom stereocenters. The van der Waals surface area contributed by atoms with Gasteiger partial charge in [-0.1, -0.05) is 47.0 Å². The van der Waals surface area contributed by atoms with E-state index in [0.717, 1.165) is 0 Å². The van der Waals surface area contributed by atoms with Crippen molar-refractivity contribution in [2.45, 2.75) is 72.8 Å². The third kappa shape index (κ3) is 4.82. The zero-order chi connectivity index (χ0) is 12.4. The third-order valence-corrected chi connectivity index (χ3v) is 2.68. The average molecular weight is 224 g/mol. The summed E-state index contributed by atoms with van der Waals surface area (Å²) in [7, 11) is 0. The van der Waals surface area contributed by atoms with E-state index >= 15 is 0 Å². The lowest BCUT2D eigenvalue weighted by Crippen LogP contribution is -2.12. The molecule has 0 aromatic carbocycles. The summed E-state index contributed by atoms with van der Waals surface area (Å²) in [6.07, 6.45) is 10.9. The van der Waals surface area contributed by atoms with Crippen molar-refractivity contribution in [2.24, 2.45) is 0 Å². The van der Waals surface area contributed by atoms with E-state index in [1.807, 2.05) is 33.9 Å². The second kappa shape index (κ2) is 9.44. The monoisotopic (exact) mass is 224 g/mol. The van der Waals surface area contributed by atoms with E-state index in [1.165, 1.54) is 37.7 Å². The lowest BCUT2D eigenvalue weighted by Gasteiger charge is -2.21. The van der Waals surface area contributed by atoms with E-state index in [4.69, 9.17) is 0 Å². The molecule has 2 heteroatoms. The van der Waals surface area contributed by atoms with Crippen LogP contribution in [-0.4, -0.2) is 9.78 Å². The molecule has 2 rings (SSSR count). The molecular weight excluding hydrogens is 196 g/mol. The summed E-state index contributed by atoms with van der Waals surface area (Å²) >= 11 is 0. The summed E-state index contributed by atoms with van der Waals surface area (Å²) < 4.78 is 2.15. The molecule has 1 saturated carbocycles. The maximum atomic E-state index is 4.36. The van der Waals surface area contributed by atoms with Gasteiger partial charge in [-0.05, 0) is 25.3 Å². The first-order valence-corrected chi connectivity index (χ1v) is 6.87. The maximum absolute atomic E-state index is 4.36. The van der Waals surface area contributed by atoms with Gasteiger partial charge in [-0.3, -0.25) is 4.68 Å². The van der Waals surface area contributed by atoms with Crippen LogP contribution >= 0.6 is 0 Å². The van der Waals surface area contributed by atoms with Gasteiger partial charge in [0.25, 0.3) is 0 Å². The summed E-state index contributed by atoms with van der Waals surface area (Å²) in [5, 5.41) is 4.36. The van der Waals surface area contributed by atoms with Crippen molar-refractivity contribution in [3.63, 3.8) is 0 Å². The van der Waals surface area contributed by atoms with Gasteiger partial charge in [-0.25, -0.2) is 0 Å². The van der Waals surface area contributed by atoms with Gasteiger partial charge in [0.1, 0.15) is 0 Å². The molecule has 2 nitrogen and oxygen atoms in total. The summed E-state index contributed by atoms with van der Waals surface area (Å²) in [6, 6.07) is 0.687. The minimum Gasteiger partial charge on any atom is -0.269 e. The fourth-order valence-corrected chi connectivity index (χ4v) is 1.98. The van der Waals surface area contributed by atoms with Crippen molar-refractivity contribution in [3.8, 4) is 0 Å². The smallest absolute Gasteiger partial charge is 0.0519 e. The number of aryl methyl sites for hydroxylation is 1. The van der Waals surface area contributed by atoms with E-state index in [0.29, 0.717) is 6.04 Å². The van der Waals surface area contributed by atoms with Crippen molar-refractivity contribution < 1.29 is 0 Å². The van der Waals surface area contributed by atoms with Gasteiger partial charge in [0.05, 0.1) is 12.2 Å². The van der Waals surface area contributed by atoms with Gasteiger partial charge in [0.2, 0.25) is 0 Å². The Bertz CT molecular complexity index is 247. The SMILES string of the molecule is CC.CC.Cc1cnn(C2CCCCC2)c1. The fourth-order valence-electron chi connectivity index (χ4n) is 1.98. The van der Waals surface area contributed by atoms with Gasteiger partial charge in [0, 0.05) is 6.20 Å². The quantitative estimate of drug-likeness (QED) is 0.673. The average Bonchev–Trinajstić information content (AvgIpc) is 2.82. The molecule has 16 heavy (non-hydrogen) atoms. The molecule has 0 radical (unpaired) electrons. The van der Waals surface area contributed by atoms with E-state index in [2.05, 4.69) is 22.9 Å². The minimum atomic E-state index is 0.687. The standard InChI is InChI=1S/C10H16N2.2C2H6/c1-9-7-11-12(8-9)10-5-3-2-4-6-10;2*1-2/h7-8,10H,2-6H2,1H3;2*1-2H3. The van der Waals surface area contributed by atoms with Crippen LogP contribution in [0.5, 0.6) is 0 Å². The van der Waals surface area contributed by atoms with Crippen molar-refractivity contribution in [1.82, 2.24) is 9.78 Å². The van der Waals surface area contributed by atoms with Crippen molar-refractivity contribution in [2.75, 3.05) is 0 Å². The van der Waals surface area contributed by atoms with Crippen LogP contribution in [-0.2, 0) is 0 Å². The fraction of sp³-hybridized carbons (Fsp3) is 0.786. The number of hydrogen-bond donors (Lipinski definition) is 0. The number of hydrogen-bond acceptors (Lipinski definition) is 1. The molecule has 1 aliphatic rings. The first kappa shape index (κ1) is 15.2. The lowest BCUT2D eigenvalue weighted by atomic mass is 9.96. The molecule has 1 aromatic rings. The second-order valence-electron chi connectivity index (χ2n) is 3.79. The maximum Gasteiger partial charge on any atom is 0.0519 e. The molecule has 94 valence electrons. The van der Waals surface area contributed by atoms with Gasteiger partial charge < -0.3 is 0 Å². The Hall–Kier alpha value is -0.790. The Balaban J connectivity index is 0.000000509. The Labute approximate surface area is 101 Å². The van der Waals surface area contributed by atoms with Crippen LogP contribution in [0.1, 0.15) is 71.4 Å². The molecule has 1 fully saturated rings. The molecule has 0 unspecified atom stereocenters. The van der Waals surface area contributed by atoms with Gasteiger partial charge in [-0.2, -0.15) is 5.10 Å². The number of nitrogens with zero attached hydrogens (tertiary/aromatic N) is 2. The molecule has 0 amide bonds. The van der Waals surface area contributed by atoms with Crippen LogP contribution in [0.3, 0.4) is 0 Å². The predicted molar refractivity (Wildman–Crippen MR) is 71.8 cm³/mol. The van der Waals surface area contributed by atoms with Crippen molar-refractivity contribution in [1.29, 1.82) is 0 Å². The summed E-state index contributed by atoms with van der Waals surface area (Å²) in [4.78, 5) is 0. The Kier molecular flexibility index (Phi) is 8.97. The van der Waals surface area contributed by atoms with Gasteiger partial charge >= 0.3 is 0 Å². The highest BCUT2D eigenvalue weighted by molar-refractivity contribution is 5.00. The van der Waals surface area contributed by atoms with E-state index in [-0.39, 0.29) is 0 Å². The summed E-state index contributed by atoms with van der Waals surface area (Å²) in [5.41, 5.74) is 1.28. The molecule has 0 saturated heterocycles. The van der Waals surface area contributed by atoms with Crippen LogP contribution in [0.15, 0.2) is 12.4 Å². The first-order chi connectivity index (χ1) is 7.86. The van der Waals surface area contributed by atoms with Crippen LogP contribution in [0.4, 0.5) is 0 Å². The van der Waals surface area contributed by atoms with Crippen LogP contribution in [0.25, 0.3) is 0 Å². The Morgan fingerprint density at radius 2 is 1.62 bits per heavy atom. The molecule has 0 aliphatic heterocycles. The second-order valence-corrected chi connectivity index (χ2v) is 3.79. The van der Waals surface area contributed by atoms with Crippen LogP contribution in [0.2, 0.25) is 0 Å². The zero-order valence-electron chi connectivity index (χ0n) is 11.7. The molecule has 1 heterocycles. The van der Waals surface area contributed by atoms with Gasteiger partial charge in [-0.15, -0.1) is 0 Å². The molecular formula is C14H28N2. The summed E-state index contributed by atoms with van der Waals surface area (Å²) in [6.45, 7) is 10.1. The molecule has 1 aromatic heterocycles. The molecule has 0 spiro atoms. The predicted octanol–water partition coefficient (Wildman–Crippen LogP) is 4.75. The first-order valence-electron chi connectivity index (χ1n) is 6.87. The molecule has 0 N–H and O–H groups in total. The normalized spacial score (nSPS) is 15.6. The van der Waals surface area contributed by atoms with Crippen LogP contribution < -0.4 is 0 Å². The van der Waals surface area contributed by atoms with E-state index < -0.39 is 0 Å². The van der Waals surface area contributed by atoms with Crippen molar-refractivity contribution >= 4 is 0 Å². The summed E-state index contributed by atoms with van der Waals surface area (Å²) in [5.74, 6) is 0. The highest BCUT2D eigenvalue weighted by Gasteiger charge is 2.14. The van der Waals surface area contributed by atoms with Crippen molar-refractivity contribution in [3.05, 3.63) is 18.0 Å². The topological polar surface area (TPSA) is 17.8 Å². The third-order valence-electron chi connectivity index (χ3n) is 2.68. The highest BCUT2D eigenvalue weighted by Crippen LogP contribution is 2.27. The Morgan fingerprint density at radius 1 is 1.06 bits per heavy atom. The zero-order valence-corrected chi connectivity index (χ0v) is 11.7. The van der Waals surface area contributed by atoms with E-state index in [1.54, 1.807) is 0 Å². The Morgan fingerprint density at radius 3 is 2.06 bits per heavy atom. The van der Waals surface area contributed by atoms with Gasteiger partial charge in [0.15, 0.2) is 0 Å². The highest BCUT2D eigenvalue weighted by atomic mass is 15.3. The largest absolute Gasteiger partial charge is 0.269 e. The number of aromatic nitrogens is 2. The van der Waals surface area contributed by atoms with Crippen LogP contribution in [0, 0.1) is 6.92 Å². The minimum absolute atomic E-state index is 0.687. The lowest BCUT2D eigenvalue weighted by molar-refractivity contribution is 0.329. The number of rotatable bonds is 1. The molecule has 1 aliphatic carbocycles. The molecule has 0 bridgehead atoms.